The third kappa shape index (κ3) is 5.29. The van der Waals surface area contributed by atoms with Gasteiger partial charge in [-0.25, -0.2) is 4.39 Å². The highest BCUT2D eigenvalue weighted by atomic mass is 19.1. The summed E-state index contributed by atoms with van der Waals surface area (Å²) in [6.07, 6.45) is 2.66. The van der Waals surface area contributed by atoms with Crippen molar-refractivity contribution in [2.24, 2.45) is 11.3 Å². The Morgan fingerprint density at radius 3 is 2.47 bits per heavy atom. The van der Waals surface area contributed by atoms with Gasteiger partial charge in [-0.05, 0) is 36.3 Å². The van der Waals surface area contributed by atoms with Crippen LogP contribution in [0.2, 0.25) is 0 Å². The molecule has 17 heavy (non-hydrogen) atoms. The number of benzene rings is 1. The van der Waals surface area contributed by atoms with Crippen molar-refractivity contribution in [2.45, 2.75) is 46.1 Å². The lowest BCUT2D eigenvalue weighted by molar-refractivity contribution is 0.329. The van der Waals surface area contributed by atoms with Crippen molar-refractivity contribution in [1.29, 1.82) is 0 Å². The van der Waals surface area contributed by atoms with Crippen LogP contribution in [0.15, 0.2) is 24.3 Å². The highest BCUT2D eigenvalue weighted by Crippen LogP contribution is 2.22. The van der Waals surface area contributed by atoms with Crippen molar-refractivity contribution >= 4 is 0 Å². The lowest BCUT2D eigenvalue weighted by atomic mass is 9.87. The molecule has 3 heteroatoms. The minimum absolute atomic E-state index is 0.131. The Kier molecular flexibility index (Phi) is 5.09. The zero-order valence-corrected chi connectivity index (χ0v) is 11.0. The SMILES string of the molecule is CC(C)(C)CCC(Cc1ccccc1F)NN. The van der Waals surface area contributed by atoms with Gasteiger partial charge in [0.1, 0.15) is 5.82 Å². The Morgan fingerprint density at radius 2 is 1.94 bits per heavy atom. The van der Waals surface area contributed by atoms with Gasteiger partial charge in [0.25, 0.3) is 0 Å². The summed E-state index contributed by atoms with van der Waals surface area (Å²) in [5, 5.41) is 0. The average molecular weight is 238 g/mol. The fourth-order valence-electron chi connectivity index (χ4n) is 1.78. The molecule has 1 aromatic carbocycles. The second-order valence-corrected chi connectivity index (χ2v) is 5.76. The van der Waals surface area contributed by atoms with Crippen LogP contribution in [0.4, 0.5) is 4.39 Å². The molecule has 0 aromatic heterocycles. The summed E-state index contributed by atoms with van der Waals surface area (Å²) >= 11 is 0. The second kappa shape index (κ2) is 6.12. The molecule has 0 bridgehead atoms. The van der Waals surface area contributed by atoms with E-state index < -0.39 is 0 Å². The van der Waals surface area contributed by atoms with Gasteiger partial charge >= 0.3 is 0 Å². The van der Waals surface area contributed by atoms with Crippen LogP contribution in [0.25, 0.3) is 0 Å². The molecule has 96 valence electrons. The first-order valence-corrected chi connectivity index (χ1v) is 6.12. The van der Waals surface area contributed by atoms with E-state index in [1.54, 1.807) is 6.07 Å². The van der Waals surface area contributed by atoms with Crippen molar-refractivity contribution < 1.29 is 4.39 Å². The van der Waals surface area contributed by atoms with E-state index in [2.05, 4.69) is 26.2 Å². The van der Waals surface area contributed by atoms with Gasteiger partial charge < -0.3 is 0 Å². The smallest absolute Gasteiger partial charge is 0.126 e. The summed E-state index contributed by atoms with van der Waals surface area (Å²) in [6, 6.07) is 7.00. The van der Waals surface area contributed by atoms with E-state index >= 15 is 0 Å². The highest BCUT2D eigenvalue weighted by Gasteiger charge is 2.15. The first-order valence-electron chi connectivity index (χ1n) is 6.12. The molecule has 0 fully saturated rings. The molecule has 0 aliphatic rings. The van der Waals surface area contributed by atoms with Crippen molar-refractivity contribution in [3.8, 4) is 0 Å². The molecule has 0 spiro atoms. The van der Waals surface area contributed by atoms with Gasteiger partial charge in [0.2, 0.25) is 0 Å². The fourth-order valence-corrected chi connectivity index (χ4v) is 1.78. The number of halogens is 1. The summed E-state index contributed by atoms with van der Waals surface area (Å²) < 4.78 is 13.5. The summed E-state index contributed by atoms with van der Waals surface area (Å²) in [5.74, 6) is 5.38. The fraction of sp³-hybridized carbons (Fsp3) is 0.571. The Hall–Kier alpha value is -0.930. The maximum absolute atomic E-state index is 13.5. The van der Waals surface area contributed by atoms with Gasteiger partial charge in [-0.1, -0.05) is 39.0 Å². The van der Waals surface area contributed by atoms with Crippen molar-refractivity contribution in [1.82, 2.24) is 5.43 Å². The van der Waals surface area contributed by atoms with Gasteiger partial charge in [0, 0.05) is 6.04 Å². The first-order chi connectivity index (χ1) is 7.92. The van der Waals surface area contributed by atoms with Crippen LogP contribution < -0.4 is 11.3 Å². The molecule has 1 atom stereocenters. The zero-order valence-electron chi connectivity index (χ0n) is 11.0. The van der Waals surface area contributed by atoms with Gasteiger partial charge in [-0.3, -0.25) is 11.3 Å². The minimum Gasteiger partial charge on any atom is -0.271 e. The summed E-state index contributed by atoms with van der Waals surface area (Å²) in [7, 11) is 0. The number of rotatable bonds is 5. The topological polar surface area (TPSA) is 38.0 Å². The van der Waals surface area contributed by atoms with Gasteiger partial charge in [0.05, 0.1) is 0 Å². The average Bonchev–Trinajstić information content (AvgIpc) is 2.25. The normalized spacial score (nSPS) is 13.7. The third-order valence-corrected chi connectivity index (χ3v) is 2.90. The lowest BCUT2D eigenvalue weighted by Gasteiger charge is -2.22. The predicted octanol–water partition coefficient (Wildman–Crippen LogP) is 3.03. The van der Waals surface area contributed by atoms with E-state index in [1.807, 2.05) is 12.1 Å². The Bertz CT molecular complexity index is 344. The Labute approximate surface area is 103 Å². The van der Waals surface area contributed by atoms with Crippen LogP contribution in [0.5, 0.6) is 0 Å². The Balaban J connectivity index is 2.56. The molecule has 0 saturated heterocycles. The molecule has 0 saturated carbocycles. The molecule has 3 N–H and O–H groups in total. The molecule has 1 aromatic rings. The third-order valence-electron chi connectivity index (χ3n) is 2.90. The lowest BCUT2D eigenvalue weighted by Crippen LogP contribution is -2.37. The van der Waals surface area contributed by atoms with Crippen LogP contribution in [-0.4, -0.2) is 6.04 Å². The number of nitrogens with two attached hydrogens (primary N) is 1. The maximum atomic E-state index is 13.5. The minimum atomic E-state index is -0.150. The number of hydrazine groups is 1. The van der Waals surface area contributed by atoms with Crippen molar-refractivity contribution in [3.63, 3.8) is 0 Å². The van der Waals surface area contributed by atoms with Gasteiger partial charge in [0.15, 0.2) is 0 Å². The van der Waals surface area contributed by atoms with Crippen LogP contribution in [0.3, 0.4) is 0 Å². The molecule has 1 unspecified atom stereocenters. The summed E-state index contributed by atoms with van der Waals surface area (Å²) in [6.45, 7) is 6.59. The zero-order chi connectivity index (χ0) is 12.9. The molecule has 0 aliphatic heterocycles. The largest absolute Gasteiger partial charge is 0.271 e. The predicted molar refractivity (Wildman–Crippen MR) is 69.9 cm³/mol. The van der Waals surface area contributed by atoms with E-state index in [4.69, 9.17) is 5.84 Å². The van der Waals surface area contributed by atoms with Crippen LogP contribution in [0.1, 0.15) is 39.2 Å². The van der Waals surface area contributed by atoms with E-state index in [0.717, 1.165) is 18.4 Å². The van der Waals surface area contributed by atoms with Gasteiger partial charge in [-0.2, -0.15) is 0 Å². The summed E-state index contributed by atoms with van der Waals surface area (Å²) in [4.78, 5) is 0. The molecule has 1 rings (SSSR count). The van der Waals surface area contributed by atoms with Crippen LogP contribution in [-0.2, 0) is 6.42 Å². The standard InChI is InChI=1S/C14H23FN2/c1-14(2,3)9-8-12(17-16)10-11-6-4-5-7-13(11)15/h4-7,12,17H,8-10,16H2,1-3H3. The van der Waals surface area contributed by atoms with Crippen LogP contribution >= 0.6 is 0 Å². The van der Waals surface area contributed by atoms with E-state index in [1.165, 1.54) is 6.07 Å². The molecule has 0 aliphatic carbocycles. The van der Waals surface area contributed by atoms with E-state index in [9.17, 15) is 4.39 Å². The molecular weight excluding hydrogens is 215 g/mol. The van der Waals surface area contributed by atoms with Crippen LogP contribution in [0, 0.1) is 11.2 Å². The molecule has 0 amide bonds. The maximum Gasteiger partial charge on any atom is 0.126 e. The number of hydrogen-bond acceptors (Lipinski definition) is 2. The monoisotopic (exact) mass is 238 g/mol. The number of nitrogens with one attached hydrogen (secondary N) is 1. The van der Waals surface area contributed by atoms with E-state index in [0.29, 0.717) is 6.42 Å². The second-order valence-electron chi connectivity index (χ2n) is 5.76. The molecule has 2 nitrogen and oxygen atoms in total. The molecule has 0 heterocycles. The summed E-state index contributed by atoms with van der Waals surface area (Å²) in [5.41, 5.74) is 3.79. The van der Waals surface area contributed by atoms with Gasteiger partial charge in [-0.15, -0.1) is 0 Å². The first kappa shape index (κ1) is 14.1. The molecule has 0 radical (unpaired) electrons. The van der Waals surface area contributed by atoms with Crippen molar-refractivity contribution in [3.05, 3.63) is 35.6 Å². The number of hydrogen-bond donors (Lipinski definition) is 2. The Morgan fingerprint density at radius 1 is 1.29 bits per heavy atom. The van der Waals surface area contributed by atoms with E-state index in [-0.39, 0.29) is 17.3 Å². The molecular formula is C14H23FN2. The highest BCUT2D eigenvalue weighted by molar-refractivity contribution is 5.18. The van der Waals surface area contributed by atoms with Crippen molar-refractivity contribution in [2.75, 3.05) is 0 Å². The quantitative estimate of drug-likeness (QED) is 0.611.